The van der Waals surface area contributed by atoms with Gasteiger partial charge < -0.3 is 10.1 Å². The summed E-state index contributed by atoms with van der Waals surface area (Å²) in [6.45, 7) is 4.12. The molecule has 0 aromatic heterocycles. The zero-order valence-corrected chi connectivity index (χ0v) is 10.9. The highest BCUT2D eigenvalue weighted by molar-refractivity contribution is 5.93. The molecule has 1 N–H and O–H groups in total. The highest BCUT2D eigenvalue weighted by Gasteiger charge is 2.09. The molecule has 0 aliphatic rings. The van der Waals surface area contributed by atoms with Crippen LogP contribution in [-0.2, 0) is 20.7 Å². The van der Waals surface area contributed by atoms with Crippen LogP contribution in [0.4, 0.5) is 5.69 Å². The van der Waals surface area contributed by atoms with E-state index in [1.54, 1.807) is 6.92 Å². The minimum Gasteiger partial charge on any atom is -0.466 e. The van der Waals surface area contributed by atoms with Crippen LogP contribution in [0.15, 0.2) is 24.3 Å². The lowest BCUT2D eigenvalue weighted by Crippen LogP contribution is -2.15. The molecule has 1 aromatic rings. The summed E-state index contributed by atoms with van der Waals surface area (Å²) in [5.74, 6) is -0.500. The van der Waals surface area contributed by atoms with Crippen LogP contribution in [-0.4, -0.2) is 18.5 Å². The lowest BCUT2D eigenvalue weighted by atomic mass is 10.1. The SMILES string of the molecule is CCOC(=O)CCC(=O)Nc1ccccc1CC. The molecule has 0 saturated heterocycles. The molecule has 18 heavy (non-hydrogen) atoms. The predicted octanol–water partition coefficient (Wildman–Crippen LogP) is 2.53. The molecule has 0 heterocycles. The summed E-state index contributed by atoms with van der Waals surface area (Å²) in [5.41, 5.74) is 1.90. The maximum Gasteiger partial charge on any atom is 0.306 e. The van der Waals surface area contributed by atoms with Gasteiger partial charge in [-0.25, -0.2) is 0 Å². The molecule has 4 heteroatoms. The van der Waals surface area contributed by atoms with E-state index in [-0.39, 0.29) is 24.7 Å². The van der Waals surface area contributed by atoms with Crippen LogP contribution >= 0.6 is 0 Å². The van der Waals surface area contributed by atoms with Gasteiger partial charge in [-0.15, -0.1) is 0 Å². The predicted molar refractivity (Wildman–Crippen MR) is 70.3 cm³/mol. The van der Waals surface area contributed by atoms with Gasteiger partial charge >= 0.3 is 5.97 Å². The van der Waals surface area contributed by atoms with Crippen LogP contribution in [0.2, 0.25) is 0 Å². The van der Waals surface area contributed by atoms with Gasteiger partial charge in [0.25, 0.3) is 0 Å². The maximum absolute atomic E-state index is 11.7. The molecule has 1 aromatic carbocycles. The molecule has 0 aliphatic carbocycles. The molecule has 98 valence electrons. The van der Waals surface area contributed by atoms with Crippen molar-refractivity contribution in [2.45, 2.75) is 33.1 Å². The van der Waals surface area contributed by atoms with Crippen molar-refractivity contribution >= 4 is 17.6 Å². The van der Waals surface area contributed by atoms with Gasteiger partial charge in [-0.05, 0) is 25.0 Å². The molecule has 0 fully saturated rings. The average molecular weight is 249 g/mol. The highest BCUT2D eigenvalue weighted by Crippen LogP contribution is 2.15. The zero-order valence-electron chi connectivity index (χ0n) is 10.9. The zero-order chi connectivity index (χ0) is 13.4. The topological polar surface area (TPSA) is 55.4 Å². The van der Waals surface area contributed by atoms with E-state index in [1.165, 1.54) is 0 Å². The molecule has 1 amide bonds. The standard InChI is InChI=1S/C14H19NO3/c1-3-11-7-5-6-8-12(11)15-13(16)9-10-14(17)18-4-2/h5-8H,3-4,9-10H2,1-2H3,(H,15,16). The van der Waals surface area contributed by atoms with Crippen molar-refractivity contribution in [2.75, 3.05) is 11.9 Å². The Morgan fingerprint density at radius 1 is 1.17 bits per heavy atom. The summed E-state index contributed by atoms with van der Waals surface area (Å²) in [6, 6.07) is 7.65. The molecule has 1 rings (SSSR count). The first-order chi connectivity index (χ1) is 8.67. The number of benzene rings is 1. The third-order valence-corrected chi connectivity index (χ3v) is 2.53. The Morgan fingerprint density at radius 3 is 2.56 bits per heavy atom. The second-order valence-electron chi connectivity index (χ2n) is 3.86. The van der Waals surface area contributed by atoms with Crippen LogP contribution in [0, 0.1) is 0 Å². The fraction of sp³-hybridized carbons (Fsp3) is 0.429. The van der Waals surface area contributed by atoms with Gasteiger partial charge in [0.15, 0.2) is 0 Å². The number of ether oxygens (including phenoxy) is 1. The maximum atomic E-state index is 11.7. The van der Waals surface area contributed by atoms with Gasteiger partial charge in [0, 0.05) is 12.1 Å². The van der Waals surface area contributed by atoms with Crippen molar-refractivity contribution < 1.29 is 14.3 Å². The summed E-state index contributed by atoms with van der Waals surface area (Å²) < 4.78 is 4.77. The third kappa shape index (κ3) is 4.57. The number of nitrogens with one attached hydrogen (secondary N) is 1. The molecule has 0 unspecified atom stereocenters. The normalized spacial score (nSPS) is 9.89. The minimum absolute atomic E-state index is 0.119. The van der Waals surface area contributed by atoms with Gasteiger partial charge in [0.05, 0.1) is 13.0 Å². The van der Waals surface area contributed by atoms with Gasteiger partial charge in [-0.3, -0.25) is 9.59 Å². The molecular formula is C14H19NO3. The van der Waals surface area contributed by atoms with Crippen molar-refractivity contribution in [3.05, 3.63) is 29.8 Å². The number of esters is 1. The number of hydrogen-bond acceptors (Lipinski definition) is 3. The first-order valence-electron chi connectivity index (χ1n) is 6.20. The Balaban J connectivity index is 2.47. The van der Waals surface area contributed by atoms with Crippen molar-refractivity contribution in [1.82, 2.24) is 0 Å². The first-order valence-corrected chi connectivity index (χ1v) is 6.20. The fourth-order valence-corrected chi connectivity index (χ4v) is 1.61. The second-order valence-corrected chi connectivity index (χ2v) is 3.86. The van der Waals surface area contributed by atoms with Crippen molar-refractivity contribution in [1.29, 1.82) is 0 Å². The number of para-hydroxylation sites is 1. The van der Waals surface area contributed by atoms with Gasteiger partial charge in [0.2, 0.25) is 5.91 Å². The molecule has 0 aliphatic heterocycles. The largest absolute Gasteiger partial charge is 0.466 e. The Morgan fingerprint density at radius 2 is 1.89 bits per heavy atom. The highest BCUT2D eigenvalue weighted by atomic mass is 16.5. The smallest absolute Gasteiger partial charge is 0.306 e. The Kier molecular flexibility index (Phi) is 5.91. The first kappa shape index (κ1) is 14.2. The van der Waals surface area contributed by atoms with Crippen LogP contribution in [0.5, 0.6) is 0 Å². The molecule has 0 saturated carbocycles. The fourth-order valence-electron chi connectivity index (χ4n) is 1.61. The second kappa shape index (κ2) is 7.48. The quantitative estimate of drug-likeness (QED) is 0.788. The van der Waals surface area contributed by atoms with Crippen molar-refractivity contribution in [2.24, 2.45) is 0 Å². The van der Waals surface area contributed by atoms with E-state index < -0.39 is 0 Å². The number of anilines is 1. The summed E-state index contributed by atoms with van der Waals surface area (Å²) in [5, 5.41) is 2.81. The summed E-state index contributed by atoms with van der Waals surface area (Å²) in [7, 11) is 0. The summed E-state index contributed by atoms with van der Waals surface area (Å²) in [4.78, 5) is 22.8. The third-order valence-electron chi connectivity index (χ3n) is 2.53. The van der Waals surface area contributed by atoms with Crippen LogP contribution in [0.3, 0.4) is 0 Å². The number of carbonyl (C=O) groups excluding carboxylic acids is 2. The number of hydrogen-bond donors (Lipinski definition) is 1. The lowest BCUT2D eigenvalue weighted by molar-refractivity contribution is -0.144. The van der Waals surface area contributed by atoms with Gasteiger partial charge in [-0.1, -0.05) is 25.1 Å². The number of rotatable bonds is 6. The Labute approximate surface area is 107 Å². The van der Waals surface area contributed by atoms with Crippen LogP contribution in [0.1, 0.15) is 32.3 Å². The molecule has 0 atom stereocenters. The summed E-state index contributed by atoms with van der Waals surface area (Å²) >= 11 is 0. The van der Waals surface area contributed by atoms with E-state index in [9.17, 15) is 9.59 Å². The Bertz CT molecular complexity index is 415. The molecule has 0 bridgehead atoms. The molecule has 0 radical (unpaired) electrons. The van der Waals surface area contributed by atoms with E-state index in [0.29, 0.717) is 6.61 Å². The van der Waals surface area contributed by atoms with Crippen molar-refractivity contribution in [3.8, 4) is 0 Å². The molecule has 4 nitrogen and oxygen atoms in total. The van der Waals surface area contributed by atoms with Crippen LogP contribution in [0.25, 0.3) is 0 Å². The number of carbonyl (C=O) groups is 2. The minimum atomic E-state index is -0.337. The Hall–Kier alpha value is -1.84. The van der Waals surface area contributed by atoms with E-state index in [4.69, 9.17) is 4.74 Å². The van der Waals surface area contributed by atoms with Crippen LogP contribution < -0.4 is 5.32 Å². The van der Waals surface area contributed by atoms with Gasteiger partial charge in [-0.2, -0.15) is 0 Å². The van der Waals surface area contributed by atoms with Crippen molar-refractivity contribution in [3.63, 3.8) is 0 Å². The lowest BCUT2D eigenvalue weighted by Gasteiger charge is -2.09. The van der Waals surface area contributed by atoms with E-state index >= 15 is 0 Å². The summed E-state index contributed by atoms with van der Waals surface area (Å²) in [6.07, 6.45) is 1.12. The molecule has 0 spiro atoms. The van der Waals surface area contributed by atoms with E-state index in [0.717, 1.165) is 17.7 Å². The number of amides is 1. The van der Waals surface area contributed by atoms with Gasteiger partial charge in [0.1, 0.15) is 0 Å². The monoisotopic (exact) mass is 249 g/mol. The van der Waals surface area contributed by atoms with E-state index in [2.05, 4.69) is 5.32 Å². The molecular weight excluding hydrogens is 230 g/mol. The average Bonchev–Trinajstić information content (AvgIpc) is 2.37. The van der Waals surface area contributed by atoms with E-state index in [1.807, 2.05) is 31.2 Å². The number of aryl methyl sites for hydroxylation is 1.